The molecular weight excluding hydrogens is 524 g/mol. The number of hydrogen-bond acceptors (Lipinski definition) is 10. The van der Waals surface area contributed by atoms with Gasteiger partial charge in [0.15, 0.2) is 11.6 Å². The third-order valence-electron chi connectivity index (χ3n) is 5.34. The van der Waals surface area contributed by atoms with Crippen LogP contribution in [0.4, 0.5) is 23.0 Å². The molecule has 1 unspecified atom stereocenters. The Hall–Kier alpha value is -4.46. The molecular formula is C26H28N6O6S. The van der Waals surface area contributed by atoms with Crippen LogP contribution in [0.3, 0.4) is 0 Å². The van der Waals surface area contributed by atoms with Crippen molar-refractivity contribution in [1.82, 2.24) is 15.3 Å². The molecule has 0 aliphatic carbocycles. The second kappa shape index (κ2) is 11.9. The summed E-state index contributed by atoms with van der Waals surface area (Å²) in [5.41, 5.74) is 1.64. The van der Waals surface area contributed by atoms with Crippen LogP contribution < -0.4 is 25.4 Å². The van der Waals surface area contributed by atoms with E-state index < -0.39 is 22.0 Å². The van der Waals surface area contributed by atoms with Crippen molar-refractivity contribution in [3.63, 3.8) is 0 Å². The van der Waals surface area contributed by atoms with E-state index in [1.54, 1.807) is 43.3 Å². The largest absolute Gasteiger partial charge is 0.508 e. The highest BCUT2D eigenvalue weighted by atomic mass is 32.2. The number of para-hydroxylation sites is 2. The summed E-state index contributed by atoms with van der Waals surface area (Å²) in [5, 5.41) is 27.7. The first-order valence-electron chi connectivity index (χ1n) is 11.9. The average molecular weight is 553 g/mol. The fourth-order valence-electron chi connectivity index (χ4n) is 3.60. The molecule has 13 heteroatoms. The summed E-state index contributed by atoms with van der Waals surface area (Å²) in [7, 11) is -2.72. The topological polar surface area (TPSA) is 175 Å². The first kappa shape index (κ1) is 27.6. The quantitative estimate of drug-likeness (QED) is 0.162. The van der Waals surface area contributed by atoms with Gasteiger partial charge in [-0.25, -0.2) is 18.4 Å². The Kier molecular flexibility index (Phi) is 8.44. The zero-order valence-electron chi connectivity index (χ0n) is 21.2. The number of amides is 1. The van der Waals surface area contributed by atoms with Gasteiger partial charge in [-0.1, -0.05) is 18.2 Å². The van der Waals surface area contributed by atoms with E-state index in [2.05, 4.69) is 30.6 Å². The number of carbonyl (C=O) groups excluding carboxylic acids is 1. The molecule has 6 N–H and O–H groups in total. The van der Waals surface area contributed by atoms with Gasteiger partial charge in [0.2, 0.25) is 5.91 Å². The van der Waals surface area contributed by atoms with E-state index in [0.717, 1.165) is 0 Å². The van der Waals surface area contributed by atoms with Crippen molar-refractivity contribution in [3.05, 3.63) is 66.7 Å². The van der Waals surface area contributed by atoms with Gasteiger partial charge >= 0.3 is 0 Å². The molecule has 39 heavy (non-hydrogen) atoms. The van der Waals surface area contributed by atoms with Crippen LogP contribution in [0.25, 0.3) is 11.0 Å². The van der Waals surface area contributed by atoms with Crippen LogP contribution in [0.1, 0.15) is 6.92 Å². The Morgan fingerprint density at radius 3 is 2.38 bits per heavy atom. The molecule has 1 atom stereocenters. The number of phenols is 1. The van der Waals surface area contributed by atoms with Crippen LogP contribution in [-0.4, -0.2) is 60.8 Å². The number of anilines is 4. The van der Waals surface area contributed by atoms with Crippen LogP contribution in [0.15, 0.2) is 71.6 Å². The predicted octanol–water partition coefficient (Wildman–Crippen LogP) is 2.80. The minimum absolute atomic E-state index is 0.0539. The van der Waals surface area contributed by atoms with Crippen LogP contribution in [0, 0.1) is 0 Å². The van der Waals surface area contributed by atoms with Crippen LogP contribution >= 0.6 is 0 Å². The number of fused-ring (bicyclic) bond motifs is 1. The molecule has 0 aliphatic heterocycles. The zero-order valence-corrected chi connectivity index (χ0v) is 22.0. The number of nitrogens with zero attached hydrogens (tertiary/aromatic N) is 2. The number of aliphatic hydroxyl groups is 1. The molecule has 1 amide bonds. The van der Waals surface area contributed by atoms with Crippen LogP contribution in [-0.2, 0) is 14.8 Å². The van der Waals surface area contributed by atoms with Crippen molar-refractivity contribution in [2.24, 2.45) is 0 Å². The van der Waals surface area contributed by atoms with Crippen LogP contribution in [0.2, 0.25) is 0 Å². The van der Waals surface area contributed by atoms with Gasteiger partial charge in [-0.2, -0.15) is 0 Å². The fourth-order valence-corrected chi connectivity index (χ4v) is 4.65. The van der Waals surface area contributed by atoms with Gasteiger partial charge in [0.05, 0.1) is 35.7 Å². The van der Waals surface area contributed by atoms with E-state index >= 15 is 0 Å². The molecule has 4 aromatic rings. The number of aliphatic hydroxyl groups excluding tert-OH is 1. The molecule has 0 spiro atoms. The molecule has 0 aliphatic rings. The summed E-state index contributed by atoms with van der Waals surface area (Å²) in [5.74, 6) is -0.0566. The summed E-state index contributed by atoms with van der Waals surface area (Å²) in [6.07, 6.45) is -0.607. The maximum Gasteiger partial charge on any atom is 0.263 e. The van der Waals surface area contributed by atoms with E-state index in [9.17, 15) is 23.4 Å². The zero-order chi connectivity index (χ0) is 28.0. The predicted molar refractivity (Wildman–Crippen MR) is 148 cm³/mol. The van der Waals surface area contributed by atoms with Gasteiger partial charge in [0.1, 0.15) is 11.5 Å². The summed E-state index contributed by atoms with van der Waals surface area (Å²) in [6.45, 7) is 1.78. The van der Waals surface area contributed by atoms with Crippen molar-refractivity contribution in [2.75, 3.05) is 35.6 Å². The number of carbonyl (C=O) groups is 1. The van der Waals surface area contributed by atoms with Crippen molar-refractivity contribution in [3.8, 4) is 11.5 Å². The van der Waals surface area contributed by atoms with Gasteiger partial charge < -0.3 is 30.9 Å². The number of benzene rings is 3. The lowest BCUT2D eigenvalue weighted by Gasteiger charge is -2.15. The molecule has 4 rings (SSSR count). The van der Waals surface area contributed by atoms with Crippen LogP contribution in [0.5, 0.6) is 11.5 Å². The molecule has 1 aromatic heterocycles. The van der Waals surface area contributed by atoms with Crippen molar-refractivity contribution in [1.29, 1.82) is 0 Å². The molecule has 0 radical (unpaired) electrons. The summed E-state index contributed by atoms with van der Waals surface area (Å²) < 4.78 is 34.4. The highest BCUT2D eigenvalue weighted by molar-refractivity contribution is 7.92. The van der Waals surface area contributed by atoms with E-state index in [1.165, 1.54) is 37.4 Å². The number of ether oxygens (including phenoxy) is 1. The van der Waals surface area contributed by atoms with Crippen molar-refractivity contribution in [2.45, 2.75) is 17.9 Å². The summed E-state index contributed by atoms with van der Waals surface area (Å²) >= 11 is 0. The maximum atomic E-state index is 13.4. The molecule has 12 nitrogen and oxygen atoms in total. The number of sulfonamides is 1. The Balaban J connectivity index is 1.62. The Morgan fingerprint density at radius 2 is 1.69 bits per heavy atom. The molecule has 1 heterocycles. The minimum atomic E-state index is -4.17. The molecule has 0 fully saturated rings. The lowest BCUT2D eigenvalue weighted by Crippen LogP contribution is -2.32. The van der Waals surface area contributed by atoms with E-state index in [-0.39, 0.29) is 41.1 Å². The molecule has 0 saturated heterocycles. The Bertz CT molecular complexity index is 1600. The number of aromatic nitrogens is 2. The van der Waals surface area contributed by atoms with E-state index in [0.29, 0.717) is 22.5 Å². The second-order valence-electron chi connectivity index (χ2n) is 8.62. The third kappa shape index (κ3) is 7.31. The normalized spacial score (nSPS) is 12.1. The summed E-state index contributed by atoms with van der Waals surface area (Å²) in [4.78, 5) is 21.1. The monoisotopic (exact) mass is 552 g/mol. The smallest absolute Gasteiger partial charge is 0.263 e. The van der Waals surface area contributed by atoms with Gasteiger partial charge in [-0.15, -0.1) is 0 Å². The van der Waals surface area contributed by atoms with Gasteiger partial charge in [0.25, 0.3) is 10.0 Å². The van der Waals surface area contributed by atoms with Gasteiger partial charge in [-0.3, -0.25) is 9.52 Å². The van der Waals surface area contributed by atoms with Crippen molar-refractivity contribution >= 4 is 50.0 Å². The van der Waals surface area contributed by atoms with Gasteiger partial charge in [-0.05, 0) is 37.3 Å². The third-order valence-corrected chi connectivity index (χ3v) is 6.68. The van der Waals surface area contributed by atoms with E-state index in [4.69, 9.17) is 4.74 Å². The minimum Gasteiger partial charge on any atom is -0.508 e. The SMILES string of the molecule is COc1cc(O)cc(Nc2nc3ccccc3nc2NS(=O)(=O)c2cccc(NC(=O)CNCC(C)O)c2)c1. The number of rotatable bonds is 11. The molecule has 0 bridgehead atoms. The average Bonchev–Trinajstić information content (AvgIpc) is 2.88. The highest BCUT2D eigenvalue weighted by Gasteiger charge is 2.20. The number of methoxy groups -OCH3 is 1. The lowest BCUT2D eigenvalue weighted by atomic mass is 10.2. The first-order chi connectivity index (χ1) is 18.6. The number of aromatic hydroxyl groups is 1. The lowest BCUT2D eigenvalue weighted by molar-refractivity contribution is -0.115. The van der Waals surface area contributed by atoms with Gasteiger partial charge in [0, 0.05) is 36.1 Å². The Labute approximate surface area is 225 Å². The van der Waals surface area contributed by atoms with E-state index in [1.807, 2.05) is 0 Å². The second-order valence-corrected chi connectivity index (χ2v) is 10.3. The Morgan fingerprint density at radius 1 is 0.974 bits per heavy atom. The number of hydrogen-bond donors (Lipinski definition) is 6. The first-order valence-corrected chi connectivity index (χ1v) is 13.3. The molecule has 204 valence electrons. The maximum absolute atomic E-state index is 13.4. The molecule has 0 saturated carbocycles. The number of phenolic OH excluding ortho intramolecular Hbond substituents is 1. The summed E-state index contributed by atoms with van der Waals surface area (Å²) in [6, 6.07) is 17.2. The van der Waals surface area contributed by atoms with Crippen molar-refractivity contribution < 1.29 is 28.2 Å². The molecule has 3 aromatic carbocycles. The fraction of sp³-hybridized carbons (Fsp3) is 0.192. The standard InChI is InChI=1S/C26H28N6O6S/c1-16(33)14-27-15-24(35)28-17-6-5-7-21(12-17)39(36,37)32-26-25(30-22-8-3-4-9-23(22)31-26)29-18-10-19(34)13-20(11-18)38-2/h3-13,16,27,33-34H,14-15H2,1-2H3,(H,28,35)(H,29,30)(H,31,32). The number of nitrogens with one attached hydrogen (secondary N) is 4. The highest BCUT2D eigenvalue weighted by Crippen LogP contribution is 2.31.